The van der Waals surface area contributed by atoms with Gasteiger partial charge in [-0.25, -0.2) is 4.98 Å². The minimum Gasteiger partial charge on any atom is -0.504 e. The summed E-state index contributed by atoms with van der Waals surface area (Å²) in [5.41, 5.74) is 0.849. The number of aliphatic hydroxyl groups is 1. The molecule has 4 atom stereocenters. The third kappa shape index (κ3) is 3.93. The smallest absolute Gasteiger partial charge is 0.255 e. The van der Waals surface area contributed by atoms with Gasteiger partial charge in [0.1, 0.15) is 11.9 Å². The quantitative estimate of drug-likeness (QED) is 0.772. The van der Waals surface area contributed by atoms with Crippen molar-refractivity contribution < 1.29 is 19.3 Å². The van der Waals surface area contributed by atoms with Gasteiger partial charge in [-0.2, -0.15) is 9.65 Å². The third-order valence-electron chi connectivity index (χ3n) is 5.69. The van der Waals surface area contributed by atoms with E-state index < -0.39 is 17.8 Å². The van der Waals surface area contributed by atoms with Crippen molar-refractivity contribution in [2.45, 2.75) is 25.0 Å². The van der Waals surface area contributed by atoms with Gasteiger partial charge in [-0.3, -0.25) is 4.90 Å². The van der Waals surface area contributed by atoms with E-state index in [1.165, 1.54) is 12.1 Å². The highest BCUT2D eigenvalue weighted by Crippen LogP contribution is 2.40. The topological polar surface area (TPSA) is 89.6 Å². The molecule has 2 N–H and O–H groups in total. The summed E-state index contributed by atoms with van der Waals surface area (Å²) in [6.07, 6.45) is 1.20. The van der Waals surface area contributed by atoms with Crippen LogP contribution in [0.3, 0.4) is 0 Å². The van der Waals surface area contributed by atoms with Crippen LogP contribution in [-0.2, 0) is 0 Å². The maximum Gasteiger partial charge on any atom is 0.255 e. The molecule has 1 saturated carbocycles. The van der Waals surface area contributed by atoms with Crippen LogP contribution in [0.25, 0.3) is 0 Å². The Morgan fingerprint density at radius 3 is 2.46 bits per heavy atom. The van der Waals surface area contributed by atoms with Gasteiger partial charge in [0.05, 0.1) is 23.4 Å². The molecule has 1 aromatic heterocycles. The Bertz CT molecular complexity index is 869. The van der Waals surface area contributed by atoms with Crippen LogP contribution in [0.2, 0.25) is 0 Å². The average molecular weight is 383 g/mol. The number of hydrogen-bond donors (Lipinski definition) is 2. The van der Waals surface area contributed by atoms with E-state index in [2.05, 4.69) is 16.0 Å². The summed E-state index contributed by atoms with van der Waals surface area (Å²) in [4.78, 5) is 5.81. The second-order valence-corrected chi connectivity index (χ2v) is 7.65. The number of aromatic hydroxyl groups is 1. The van der Waals surface area contributed by atoms with Gasteiger partial charge in [0.25, 0.3) is 5.95 Å². The van der Waals surface area contributed by atoms with Crippen LogP contribution in [-0.4, -0.2) is 45.8 Å². The molecule has 1 saturated heterocycles. The highest BCUT2D eigenvalue weighted by molar-refractivity contribution is 5.34. The number of hydrogen-bond acceptors (Lipinski definition) is 6. The van der Waals surface area contributed by atoms with Gasteiger partial charge in [-0.1, -0.05) is 0 Å². The number of halogens is 1. The summed E-state index contributed by atoms with van der Waals surface area (Å²) in [5.74, 6) is 0.342. The Kier molecular flexibility index (Phi) is 5.16. The van der Waals surface area contributed by atoms with Crippen molar-refractivity contribution in [3.63, 3.8) is 0 Å². The first kappa shape index (κ1) is 18.7. The van der Waals surface area contributed by atoms with Crippen LogP contribution >= 0.6 is 0 Å². The predicted molar refractivity (Wildman–Crippen MR) is 99.0 cm³/mol. The molecule has 2 heterocycles. The van der Waals surface area contributed by atoms with E-state index in [-0.39, 0.29) is 11.8 Å². The van der Waals surface area contributed by atoms with Crippen LogP contribution < -0.4 is 4.74 Å². The van der Waals surface area contributed by atoms with Crippen molar-refractivity contribution in [3.05, 3.63) is 53.6 Å². The van der Waals surface area contributed by atoms with Gasteiger partial charge >= 0.3 is 0 Å². The SMILES string of the molecule is N#Cc1ccc(O[C@H]2C[C@@H]3CN(CC(O)c4ccc(O)c(F)n4)C[C@@H]3C2)cc1. The number of β-amino-alcohol motifs (C(OH)–C–C–N with tert-alkyl or cyclic N) is 1. The Morgan fingerprint density at radius 1 is 1.18 bits per heavy atom. The standard InChI is InChI=1S/C21H22FN3O3/c22-21-19(26)6-5-18(24-21)20(27)12-25-10-14-7-17(8-15(14)11-25)28-16-3-1-13(9-23)2-4-16/h1-6,14-15,17,20,26-27H,7-8,10-12H2/t14-,15+,17+,20?. The van der Waals surface area contributed by atoms with Gasteiger partial charge in [-0.05, 0) is 61.1 Å². The maximum absolute atomic E-state index is 13.4. The molecular weight excluding hydrogens is 361 g/mol. The lowest BCUT2D eigenvalue weighted by atomic mass is 10.0. The van der Waals surface area contributed by atoms with Crippen molar-refractivity contribution in [1.29, 1.82) is 5.26 Å². The highest BCUT2D eigenvalue weighted by Gasteiger charge is 2.42. The van der Waals surface area contributed by atoms with Crippen LogP contribution in [0.5, 0.6) is 11.5 Å². The van der Waals surface area contributed by atoms with E-state index in [1.807, 2.05) is 12.1 Å². The summed E-state index contributed by atoms with van der Waals surface area (Å²) in [5, 5.41) is 28.4. The molecule has 28 heavy (non-hydrogen) atoms. The minimum absolute atomic E-state index is 0.169. The third-order valence-corrected chi connectivity index (χ3v) is 5.69. The lowest BCUT2D eigenvalue weighted by molar-refractivity contribution is 0.112. The van der Waals surface area contributed by atoms with Crippen molar-refractivity contribution >= 4 is 0 Å². The van der Waals surface area contributed by atoms with Gasteiger partial charge in [-0.15, -0.1) is 0 Å². The van der Waals surface area contributed by atoms with Crippen LogP contribution in [0, 0.1) is 29.1 Å². The van der Waals surface area contributed by atoms with E-state index in [4.69, 9.17) is 10.00 Å². The number of aliphatic hydroxyl groups excluding tert-OH is 1. The molecule has 0 radical (unpaired) electrons. The highest BCUT2D eigenvalue weighted by atomic mass is 19.1. The molecule has 2 fully saturated rings. The number of pyridine rings is 1. The number of fused-ring (bicyclic) bond motifs is 1. The fourth-order valence-electron chi connectivity index (χ4n) is 4.35. The average Bonchev–Trinajstić information content (AvgIpc) is 3.22. The molecule has 0 spiro atoms. The number of nitrogens with zero attached hydrogens (tertiary/aromatic N) is 3. The normalized spacial score (nSPS) is 25.2. The molecule has 1 aliphatic carbocycles. The van der Waals surface area contributed by atoms with Crippen LogP contribution in [0.4, 0.5) is 4.39 Å². The number of ether oxygens (including phenoxy) is 1. The molecule has 1 unspecified atom stereocenters. The van der Waals surface area contributed by atoms with Crippen molar-refractivity contribution in [3.8, 4) is 17.6 Å². The van der Waals surface area contributed by atoms with Crippen LogP contribution in [0.15, 0.2) is 36.4 Å². The zero-order chi connectivity index (χ0) is 19.7. The molecule has 2 aromatic rings. The Hall–Kier alpha value is -2.69. The number of rotatable bonds is 5. The number of nitriles is 1. The molecular formula is C21H22FN3O3. The van der Waals surface area contributed by atoms with E-state index >= 15 is 0 Å². The number of likely N-dealkylation sites (tertiary alicyclic amines) is 1. The molecule has 2 aliphatic rings. The zero-order valence-corrected chi connectivity index (χ0v) is 15.3. The summed E-state index contributed by atoms with van der Waals surface area (Å²) >= 11 is 0. The van der Waals surface area contributed by atoms with Crippen molar-refractivity contribution in [2.24, 2.45) is 11.8 Å². The largest absolute Gasteiger partial charge is 0.504 e. The molecule has 0 bridgehead atoms. The first-order chi connectivity index (χ1) is 13.5. The first-order valence-electron chi connectivity index (χ1n) is 9.44. The van der Waals surface area contributed by atoms with Gasteiger partial charge in [0, 0.05) is 19.6 Å². The molecule has 1 aromatic carbocycles. The molecule has 0 amide bonds. The Balaban J connectivity index is 1.29. The van der Waals surface area contributed by atoms with Crippen LogP contribution in [0.1, 0.15) is 30.2 Å². The van der Waals surface area contributed by atoms with E-state index in [1.54, 1.807) is 12.1 Å². The minimum atomic E-state index is -0.961. The lowest BCUT2D eigenvalue weighted by Crippen LogP contribution is -2.29. The summed E-state index contributed by atoms with van der Waals surface area (Å²) < 4.78 is 19.5. The monoisotopic (exact) mass is 383 g/mol. The van der Waals surface area contributed by atoms with Crippen molar-refractivity contribution in [1.82, 2.24) is 9.88 Å². The second-order valence-electron chi connectivity index (χ2n) is 7.65. The van der Waals surface area contributed by atoms with Gasteiger partial charge < -0.3 is 14.9 Å². The predicted octanol–water partition coefficient (Wildman–Crippen LogP) is 2.62. The van der Waals surface area contributed by atoms with E-state index in [0.717, 1.165) is 31.7 Å². The molecule has 1 aliphatic heterocycles. The molecule has 7 heteroatoms. The fourth-order valence-corrected chi connectivity index (χ4v) is 4.35. The van der Waals surface area contributed by atoms with E-state index in [0.29, 0.717) is 23.9 Å². The fraction of sp³-hybridized carbons (Fsp3) is 0.429. The summed E-state index contributed by atoms with van der Waals surface area (Å²) in [7, 11) is 0. The van der Waals surface area contributed by atoms with Crippen molar-refractivity contribution in [2.75, 3.05) is 19.6 Å². The number of aromatic nitrogens is 1. The lowest BCUT2D eigenvalue weighted by Gasteiger charge is -2.22. The van der Waals surface area contributed by atoms with Gasteiger partial charge in [0.15, 0.2) is 5.75 Å². The zero-order valence-electron chi connectivity index (χ0n) is 15.3. The summed E-state index contributed by atoms with van der Waals surface area (Å²) in [6.45, 7) is 2.14. The van der Waals surface area contributed by atoms with E-state index in [9.17, 15) is 14.6 Å². The molecule has 4 rings (SSSR count). The maximum atomic E-state index is 13.4. The molecule has 6 nitrogen and oxygen atoms in total. The summed E-state index contributed by atoms with van der Waals surface area (Å²) in [6, 6.07) is 11.9. The number of benzene rings is 1. The second kappa shape index (κ2) is 7.74. The Morgan fingerprint density at radius 2 is 1.86 bits per heavy atom. The first-order valence-corrected chi connectivity index (χ1v) is 9.44. The molecule has 146 valence electrons. The van der Waals surface area contributed by atoms with Gasteiger partial charge in [0.2, 0.25) is 0 Å². The Labute approximate surface area is 162 Å².